The zero-order valence-corrected chi connectivity index (χ0v) is 15.6. The van der Waals surface area contributed by atoms with E-state index in [1.54, 1.807) is 5.48 Å². The van der Waals surface area contributed by atoms with Gasteiger partial charge in [0.15, 0.2) is 0 Å². The fraction of sp³-hybridized carbons (Fsp3) is 0.208. The number of fused-ring (bicyclic) bond motifs is 1. The van der Waals surface area contributed by atoms with Crippen molar-refractivity contribution in [2.75, 3.05) is 0 Å². The highest BCUT2D eigenvalue weighted by atomic mass is 16.5. The van der Waals surface area contributed by atoms with Crippen LogP contribution in [0.15, 0.2) is 72.8 Å². The van der Waals surface area contributed by atoms with E-state index in [-0.39, 0.29) is 11.8 Å². The summed E-state index contributed by atoms with van der Waals surface area (Å²) in [6, 6.07) is 24.6. The Balaban J connectivity index is 1.52. The molecule has 1 amide bonds. The van der Waals surface area contributed by atoms with Crippen LogP contribution in [0, 0.1) is 5.92 Å². The minimum atomic E-state index is -0.299. The lowest BCUT2D eigenvalue weighted by Crippen LogP contribution is -2.31. The van der Waals surface area contributed by atoms with Crippen molar-refractivity contribution in [3.8, 4) is 16.9 Å². The second-order valence-corrected chi connectivity index (χ2v) is 7.20. The van der Waals surface area contributed by atoms with Crippen molar-refractivity contribution in [3.05, 3.63) is 89.5 Å². The number of hydrogen-bond donors (Lipinski definition) is 2. The van der Waals surface area contributed by atoms with Gasteiger partial charge in [-0.05, 0) is 59.2 Å². The molecular weight excluding hydrogens is 350 g/mol. The molecule has 2 N–H and O–H groups in total. The summed E-state index contributed by atoms with van der Waals surface area (Å²) in [7, 11) is 0. The molecule has 4 heteroatoms. The number of rotatable bonds is 5. The number of benzene rings is 3. The van der Waals surface area contributed by atoms with Crippen molar-refractivity contribution in [3.63, 3.8) is 0 Å². The van der Waals surface area contributed by atoms with Crippen molar-refractivity contribution in [2.45, 2.75) is 25.9 Å². The zero-order chi connectivity index (χ0) is 19.3. The van der Waals surface area contributed by atoms with Gasteiger partial charge in [-0.2, -0.15) is 0 Å². The Morgan fingerprint density at radius 2 is 1.79 bits per heavy atom. The lowest BCUT2D eigenvalue weighted by molar-refractivity contribution is -0.133. The Bertz CT molecular complexity index is 969. The number of hydrogen-bond acceptors (Lipinski definition) is 3. The molecular formula is C24H23NO3. The Hall–Kier alpha value is -3.11. The van der Waals surface area contributed by atoms with Crippen molar-refractivity contribution in [1.82, 2.24) is 5.48 Å². The summed E-state index contributed by atoms with van der Waals surface area (Å²) in [5.41, 5.74) is 7.57. The molecule has 1 unspecified atom stereocenters. The maximum Gasteiger partial charge on any atom is 0.246 e. The van der Waals surface area contributed by atoms with Crippen LogP contribution in [0.25, 0.3) is 11.1 Å². The second kappa shape index (κ2) is 8.28. The van der Waals surface area contributed by atoms with E-state index in [1.807, 2.05) is 48.5 Å². The van der Waals surface area contributed by atoms with Crippen molar-refractivity contribution < 1.29 is 14.7 Å². The van der Waals surface area contributed by atoms with Crippen molar-refractivity contribution >= 4 is 5.91 Å². The summed E-state index contributed by atoms with van der Waals surface area (Å²) in [5, 5.41) is 8.92. The number of aryl methyl sites for hydroxylation is 1. The van der Waals surface area contributed by atoms with Crippen LogP contribution in [-0.4, -0.2) is 11.1 Å². The van der Waals surface area contributed by atoms with E-state index in [0.29, 0.717) is 13.0 Å². The first kappa shape index (κ1) is 18.3. The summed E-state index contributed by atoms with van der Waals surface area (Å²) in [6.45, 7) is 0.534. The van der Waals surface area contributed by atoms with Gasteiger partial charge >= 0.3 is 0 Å². The summed E-state index contributed by atoms with van der Waals surface area (Å²) in [4.78, 5) is 11.8. The van der Waals surface area contributed by atoms with Crippen molar-refractivity contribution in [1.29, 1.82) is 0 Å². The molecule has 4 rings (SSSR count). The van der Waals surface area contributed by atoms with Crippen LogP contribution >= 0.6 is 0 Å². The monoisotopic (exact) mass is 373 g/mol. The fourth-order valence-corrected chi connectivity index (χ4v) is 3.76. The van der Waals surface area contributed by atoms with Gasteiger partial charge in [0.1, 0.15) is 12.4 Å². The van der Waals surface area contributed by atoms with E-state index in [4.69, 9.17) is 9.94 Å². The highest BCUT2D eigenvalue weighted by Crippen LogP contribution is 2.31. The smallest absolute Gasteiger partial charge is 0.246 e. The lowest BCUT2D eigenvalue weighted by Gasteiger charge is -2.23. The molecule has 0 saturated heterocycles. The Morgan fingerprint density at radius 1 is 0.964 bits per heavy atom. The van der Waals surface area contributed by atoms with Crippen LogP contribution in [0.5, 0.6) is 5.75 Å². The van der Waals surface area contributed by atoms with Crippen LogP contribution in [0.3, 0.4) is 0 Å². The Morgan fingerprint density at radius 3 is 2.61 bits per heavy atom. The average Bonchev–Trinajstić information content (AvgIpc) is 2.77. The van der Waals surface area contributed by atoms with Crippen LogP contribution in [0.2, 0.25) is 0 Å². The fourth-order valence-electron chi connectivity index (χ4n) is 3.76. The van der Waals surface area contributed by atoms with E-state index in [0.717, 1.165) is 35.3 Å². The number of carbonyl (C=O) groups is 1. The lowest BCUT2D eigenvalue weighted by atomic mass is 9.82. The van der Waals surface area contributed by atoms with E-state index >= 15 is 0 Å². The maximum atomic E-state index is 11.8. The van der Waals surface area contributed by atoms with E-state index in [9.17, 15) is 4.79 Å². The normalized spacial score (nSPS) is 15.5. The third-order valence-corrected chi connectivity index (χ3v) is 5.33. The van der Waals surface area contributed by atoms with Crippen LogP contribution in [0.1, 0.15) is 23.1 Å². The molecule has 1 atom stereocenters. The molecule has 142 valence electrons. The molecule has 1 aliphatic rings. The first-order valence-electron chi connectivity index (χ1n) is 9.56. The van der Waals surface area contributed by atoms with Gasteiger partial charge in [0.05, 0.1) is 0 Å². The minimum Gasteiger partial charge on any atom is -0.489 e. The molecule has 0 heterocycles. The first-order chi connectivity index (χ1) is 13.7. The number of ether oxygens (including phenoxy) is 1. The number of nitrogens with one attached hydrogen (secondary N) is 1. The molecule has 28 heavy (non-hydrogen) atoms. The highest BCUT2D eigenvalue weighted by Gasteiger charge is 2.24. The largest absolute Gasteiger partial charge is 0.489 e. The molecule has 0 radical (unpaired) electrons. The van der Waals surface area contributed by atoms with Crippen LogP contribution in [0.4, 0.5) is 0 Å². The predicted molar refractivity (Wildman–Crippen MR) is 108 cm³/mol. The molecule has 0 spiro atoms. The first-order valence-corrected chi connectivity index (χ1v) is 9.56. The van der Waals surface area contributed by atoms with Gasteiger partial charge in [0.2, 0.25) is 5.91 Å². The van der Waals surface area contributed by atoms with Crippen molar-refractivity contribution in [2.24, 2.45) is 5.92 Å². The highest BCUT2D eigenvalue weighted by molar-refractivity contribution is 5.78. The predicted octanol–water partition coefficient (Wildman–Crippen LogP) is 4.54. The van der Waals surface area contributed by atoms with Gasteiger partial charge in [-0.3, -0.25) is 10.0 Å². The van der Waals surface area contributed by atoms with Gasteiger partial charge in [0.25, 0.3) is 0 Å². The van der Waals surface area contributed by atoms with E-state index in [2.05, 4.69) is 24.3 Å². The molecule has 0 bridgehead atoms. The quantitative estimate of drug-likeness (QED) is 0.510. The molecule has 0 saturated carbocycles. The molecule has 4 nitrogen and oxygen atoms in total. The molecule has 3 aromatic rings. The molecule has 3 aromatic carbocycles. The second-order valence-electron chi connectivity index (χ2n) is 7.20. The molecule has 0 aliphatic heterocycles. The van der Waals surface area contributed by atoms with Crippen LogP contribution < -0.4 is 10.2 Å². The van der Waals surface area contributed by atoms with Gasteiger partial charge in [0, 0.05) is 5.92 Å². The summed E-state index contributed by atoms with van der Waals surface area (Å²) >= 11 is 0. The standard InChI is InChI=1S/C24H23NO3/c26-24(25-27)21-12-10-18-9-11-20(13-22(18)14-21)19-7-4-8-23(15-19)28-16-17-5-2-1-3-6-17/h1-9,11,13,15,21,27H,10,12,14,16H2,(H,25,26). The third-order valence-electron chi connectivity index (χ3n) is 5.33. The summed E-state index contributed by atoms with van der Waals surface area (Å²) < 4.78 is 5.95. The molecule has 0 fully saturated rings. The Labute approximate surface area is 164 Å². The molecule has 1 aliphatic carbocycles. The number of amides is 1. The SMILES string of the molecule is O=C(NO)C1CCc2ccc(-c3cccc(OCc4ccccc4)c3)cc2C1. The maximum absolute atomic E-state index is 11.8. The minimum absolute atomic E-state index is 0.173. The summed E-state index contributed by atoms with van der Waals surface area (Å²) in [5.74, 6) is 0.359. The topological polar surface area (TPSA) is 58.6 Å². The average molecular weight is 373 g/mol. The van der Waals surface area contributed by atoms with Crippen LogP contribution in [-0.2, 0) is 24.2 Å². The number of carbonyl (C=O) groups excluding carboxylic acids is 1. The van der Waals surface area contributed by atoms with E-state index < -0.39 is 0 Å². The van der Waals surface area contributed by atoms with Gasteiger partial charge in [-0.1, -0.05) is 60.7 Å². The van der Waals surface area contributed by atoms with Gasteiger partial charge in [-0.25, -0.2) is 5.48 Å². The third kappa shape index (κ3) is 4.07. The number of hydroxylamine groups is 1. The van der Waals surface area contributed by atoms with E-state index in [1.165, 1.54) is 11.1 Å². The summed E-state index contributed by atoms with van der Waals surface area (Å²) in [6.07, 6.45) is 2.27. The van der Waals surface area contributed by atoms with Gasteiger partial charge in [-0.15, -0.1) is 0 Å². The van der Waals surface area contributed by atoms with Gasteiger partial charge < -0.3 is 4.74 Å². The molecule has 0 aromatic heterocycles. The zero-order valence-electron chi connectivity index (χ0n) is 15.6. The Kier molecular flexibility index (Phi) is 5.40.